The molecule has 0 aliphatic heterocycles. The van der Waals surface area contributed by atoms with Crippen molar-refractivity contribution in [2.24, 2.45) is 0 Å². The number of hydrogen-bond donors (Lipinski definition) is 0. The molecule has 1 aromatic carbocycles. The number of halogens is 1. The molecule has 16 heavy (non-hydrogen) atoms. The fourth-order valence-electron chi connectivity index (χ4n) is 1.62. The van der Waals surface area contributed by atoms with Gasteiger partial charge in [0.15, 0.2) is 6.79 Å². The van der Waals surface area contributed by atoms with E-state index in [0.717, 1.165) is 17.7 Å². The predicted molar refractivity (Wildman–Crippen MR) is 70.9 cm³/mol. The predicted octanol–water partition coefficient (Wildman–Crippen LogP) is 4.26. The van der Waals surface area contributed by atoms with Crippen LogP contribution in [0.2, 0.25) is 0 Å². The zero-order valence-corrected chi connectivity index (χ0v) is 11.7. The van der Waals surface area contributed by atoms with Crippen LogP contribution in [0.1, 0.15) is 30.1 Å². The van der Waals surface area contributed by atoms with E-state index in [1.165, 1.54) is 5.56 Å². The van der Waals surface area contributed by atoms with E-state index in [2.05, 4.69) is 13.0 Å². The first-order valence-corrected chi connectivity index (χ1v) is 7.40. The molecule has 2 nitrogen and oxygen atoms in total. The molecule has 0 saturated heterocycles. The standard InChI is InChI=1S/C12H18ClO2P/c1-4-11(16-13)10-7-5-6-9(2)12(10)15-8-14-3/h5-7,11,16H,4,8H2,1-3H3. The van der Waals surface area contributed by atoms with Gasteiger partial charge < -0.3 is 9.47 Å². The first-order valence-electron chi connectivity index (χ1n) is 5.32. The maximum atomic E-state index is 6.00. The summed E-state index contributed by atoms with van der Waals surface area (Å²) in [7, 11) is 2.00. The van der Waals surface area contributed by atoms with Crippen molar-refractivity contribution in [3.63, 3.8) is 0 Å². The van der Waals surface area contributed by atoms with Crippen molar-refractivity contribution >= 4 is 19.2 Å². The number of methoxy groups -OCH3 is 1. The van der Waals surface area contributed by atoms with Gasteiger partial charge >= 0.3 is 0 Å². The van der Waals surface area contributed by atoms with Crippen molar-refractivity contribution in [1.29, 1.82) is 0 Å². The number of rotatable bonds is 6. The van der Waals surface area contributed by atoms with E-state index in [9.17, 15) is 0 Å². The number of benzene rings is 1. The van der Waals surface area contributed by atoms with E-state index < -0.39 is 0 Å². The van der Waals surface area contributed by atoms with Crippen LogP contribution in [0.25, 0.3) is 0 Å². The Morgan fingerprint density at radius 3 is 2.75 bits per heavy atom. The molecule has 0 aliphatic rings. The smallest absolute Gasteiger partial charge is 0.188 e. The maximum Gasteiger partial charge on any atom is 0.188 e. The molecule has 0 saturated carbocycles. The molecule has 0 N–H and O–H groups in total. The summed E-state index contributed by atoms with van der Waals surface area (Å²) in [5.74, 6) is 0.921. The van der Waals surface area contributed by atoms with Crippen molar-refractivity contribution < 1.29 is 9.47 Å². The molecular weight excluding hydrogens is 243 g/mol. The van der Waals surface area contributed by atoms with Gasteiger partial charge in [-0.1, -0.05) is 36.4 Å². The Bertz CT molecular complexity index is 327. The van der Waals surface area contributed by atoms with E-state index >= 15 is 0 Å². The van der Waals surface area contributed by atoms with Gasteiger partial charge in [-0.2, -0.15) is 0 Å². The molecule has 1 rings (SSSR count). The molecule has 0 spiro atoms. The van der Waals surface area contributed by atoms with Crippen molar-refractivity contribution in [2.45, 2.75) is 25.9 Å². The van der Waals surface area contributed by atoms with Gasteiger partial charge in [0.2, 0.25) is 0 Å². The third-order valence-electron chi connectivity index (χ3n) is 2.48. The molecule has 0 heterocycles. The normalized spacial score (nSPS) is 13.2. The SMILES string of the molecule is CCC(PCl)c1cccc(C)c1OCOC. The molecule has 90 valence electrons. The van der Waals surface area contributed by atoms with Crippen LogP contribution in [0.3, 0.4) is 0 Å². The average Bonchev–Trinajstić information content (AvgIpc) is 2.30. The lowest BCUT2D eigenvalue weighted by Gasteiger charge is -2.18. The molecule has 2 unspecified atom stereocenters. The topological polar surface area (TPSA) is 18.5 Å². The van der Waals surface area contributed by atoms with Gasteiger partial charge in [-0.15, -0.1) is 0 Å². The Balaban J connectivity index is 3.01. The highest BCUT2D eigenvalue weighted by molar-refractivity contribution is 7.68. The van der Waals surface area contributed by atoms with E-state index in [-0.39, 0.29) is 6.79 Å². The third-order valence-corrected chi connectivity index (χ3v) is 4.25. The van der Waals surface area contributed by atoms with Crippen LogP contribution in [0.4, 0.5) is 0 Å². The van der Waals surface area contributed by atoms with E-state index in [0.29, 0.717) is 13.6 Å². The summed E-state index contributed by atoms with van der Waals surface area (Å²) in [5, 5.41) is 0. The van der Waals surface area contributed by atoms with Gasteiger partial charge in [0.1, 0.15) is 5.75 Å². The lowest BCUT2D eigenvalue weighted by molar-refractivity contribution is 0.0499. The highest BCUT2D eigenvalue weighted by Crippen LogP contribution is 2.44. The van der Waals surface area contributed by atoms with Crippen molar-refractivity contribution in [1.82, 2.24) is 0 Å². The highest BCUT2D eigenvalue weighted by atomic mass is 35.7. The summed E-state index contributed by atoms with van der Waals surface area (Å²) in [6.07, 6.45) is 1.02. The number of hydrogen-bond acceptors (Lipinski definition) is 2. The maximum absolute atomic E-state index is 6.00. The van der Waals surface area contributed by atoms with Gasteiger partial charge in [-0.05, 0) is 26.8 Å². The van der Waals surface area contributed by atoms with Crippen LogP contribution in [-0.2, 0) is 4.74 Å². The van der Waals surface area contributed by atoms with Gasteiger partial charge in [0.05, 0.1) is 0 Å². The zero-order chi connectivity index (χ0) is 12.0. The molecule has 0 bridgehead atoms. The van der Waals surface area contributed by atoms with E-state index in [1.807, 2.05) is 19.1 Å². The monoisotopic (exact) mass is 260 g/mol. The van der Waals surface area contributed by atoms with Crippen LogP contribution >= 0.6 is 19.2 Å². The fourth-order valence-corrected chi connectivity index (χ4v) is 2.94. The van der Waals surface area contributed by atoms with Crippen molar-refractivity contribution in [2.75, 3.05) is 13.9 Å². The molecule has 0 aliphatic carbocycles. The zero-order valence-electron chi connectivity index (χ0n) is 9.92. The number of ether oxygens (including phenoxy) is 2. The van der Waals surface area contributed by atoms with Gasteiger partial charge in [-0.3, -0.25) is 0 Å². The van der Waals surface area contributed by atoms with Gasteiger partial charge in [0, 0.05) is 18.3 Å². The van der Waals surface area contributed by atoms with Gasteiger partial charge in [-0.25, -0.2) is 0 Å². The summed E-state index contributed by atoms with van der Waals surface area (Å²) < 4.78 is 10.6. The summed E-state index contributed by atoms with van der Waals surface area (Å²) >= 11 is 6.00. The lowest BCUT2D eigenvalue weighted by Crippen LogP contribution is -2.04. The Morgan fingerprint density at radius 1 is 1.44 bits per heavy atom. The second-order valence-electron chi connectivity index (χ2n) is 3.61. The summed E-state index contributed by atoms with van der Waals surface area (Å²) in [6.45, 7) is 4.46. The molecule has 4 heteroatoms. The average molecular weight is 261 g/mol. The lowest BCUT2D eigenvalue weighted by atomic mass is 10.1. The number of aryl methyl sites for hydroxylation is 1. The second kappa shape index (κ2) is 7.11. The molecule has 0 radical (unpaired) electrons. The molecule has 1 aromatic rings. The minimum absolute atomic E-state index is 0.277. The first-order chi connectivity index (χ1) is 7.74. The van der Waals surface area contributed by atoms with Crippen LogP contribution in [0.5, 0.6) is 5.75 Å². The Morgan fingerprint density at radius 2 is 2.19 bits per heavy atom. The quantitative estimate of drug-likeness (QED) is 0.562. The van der Waals surface area contributed by atoms with Crippen LogP contribution in [0.15, 0.2) is 18.2 Å². The molecule has 0 amide bonds. The van der Waals surface area contributed by atoms with Crippen molar-refractivity contribution in [3.05, 3.63) is 29.3 Å². The summed E-state index contributed by atoms with van der Waals surface area (Å²) in [5.41, 5.74) is 2.68. The molecule has 0 aromatic heterocycles. The Hall–Kier alpha value is -0.300. The van der Waals surface area contributed by atoms with Crippen LogP contribution in [-0.4, -0.2) is 13.9 Å². The first kappa shape index (κ1) is 13.8. The van der Waals surface area contributed by atoms with Crippen molar-refractivity contribution in [3.8, 4) is 5.75 Å². The fraction of sp³-hybridized carbons (Fsp3) is 0.500. The minimum atomic E-state index is 0.277. The van der Waals surface area contributed by atoms with Crippen LogP contribution < -0.4 is 4.74 Å². The van der Waals surface area contributed by atoms with E-state index in [1.54, 1.807) is 7.11 Å². The molecule has 0 fully saturated rings. The summed E-state index contributed by atoms with van der Waals surface area (Å²) in [6, 6.07) is 6.17. The summed E-state index contributed by atoms with van der Waals surface area (Å²) in [4.78, 5) is 0. The second-order valence-corrected chi connectivity index (χ2v) is 5.18. The number of para-hydroxylation sites is 1. The van der Waals surface area contributed by atoms with Gasteiger partial charge in [0.25, 0.3) is 0 Å². The molecule has 2 atom stereocenters. The minimum Gasteiger partial charge on any atom is -0.467 e. The Kier molecular flexibility index (Phi) is 6.12. The Labute approximate surface area is 104 Å². The largest absolute Gasteiger partial charge is 0.467 e. The molecular formula is C12H18ClO2P. The van der Waals surface area contributed by atoms with Crippen LogP contribution in [0, 0.1) is 6.92 Å². The van der Waals surface area contributed by atoms with E-state index in [4.69, 9.17) is 20.7 Å². The highest BCUT2D eigenvalue weighted by Gasteiger charge is 2.15. The third kappa shape index (κ3) is 3.35.